The van der Waals surface area contributed by atoms with E-state index in [1.165, 1.54) is 16.7 Å². The van der Waals surface area contributed by atoms with E-state index in [9.17, 15) is 0 Å². The highest BCUT2D eigenvalue weighted by atomic mass is 16.3. The molecule has 178 valence electrons. The molecule has 0 saturated carbocycles. The van der Waals surface area contributed by atoms with Gasteiger partial charge >= 0.3 is 0 Å². The summed E-state index contributed by atoms with van der Waals surface area (Å²) in [5.74, 6) is 0.822. The quantitative estimate of drug-likeness (QED) is 0.505. The van der Waals surface area contributed by atoms with Crippen molar-refractivity contribution in [2.45, 2.75) is 51.4 Å². The van der Waals surface area contributed by atoms with Crippen LogP contribution in [0.2, 0.25) is 0 Å². The number of fused-ring (bicyclic) bond motifs is 1. The first-order valence-electron chi connectivity index (χ1n) is 11.9. The topological polar surface area (TPSA) is 90.4 Å². The molecule has 1 aliphatic carbocycles. The number of piperazine rings is 1. The van der Waals surface area contributed by atoms with Crippen LogP contribution in [0, 0.1) is 0 Å². The van der Waals surface area contributed by atoms with Gasteiger partial charge in [0.15, 0.2) is 0 Å². The van der Waals surface area contributed by atoms with Gasteiger partial charge in [0.25, 0.3) is 6.47 Å². The molecule has 1 aliphatic heterocycles. The zero-order chi connectivity index (χ0) is 23.9. The summed E-state index contributed by atoms with van der Waals surface area (Å²) in [6.45, 7) is 6.95. The minimum absolute atomic E-state index is 0.250. The van der Waals surface area contributed by atoms with Gasteiger partial charge in [-0.05, 0) is 48.9 Å². The van der Waals surface area contributed by atoms with Gasteiger partial charge in [-0.2, -0.15) is 0 Å². The van der Waals surface area contributed by atoms with Crippen LogP contribution in [0.1, 0.15) is 30.5 Å². The highest BCUT2D eigenvalue weighted by Crippen LogP contribution is 2.23. The molecule has 1 saturated heterocycles. The summed E-state index contributed by atoms with van der Waals surface area (Å²) in [6.07, 6.45) is 6.15. The third kappa shape index (κ3) is 5.98. The molecule has 0 radical (unpaired) electrons. The van der Waals surface area contributed by atoms with Crippen molar-refractivity contribution < 1.29 is 9.90 Å². The van der Waals surface area contributed by atoms with Gasteiger partial charge in [-0.1, -0.05) is 48.5 Å². The van der Waals surface area contributed by atoms with Crippen molar-refractivity contribution in [3.05, 3.63) is 77.6 Å². The molecule has 0 bridgehead atoms. The van der Waals surface area contributed by atoms with Crippen molar-refractivity contribution in [1.82, 2.24) is 20.6 Å². The molecule has 3 N–H and O–H groups in total. The molecule has 0 spiro atoms. The SMILES string of the molecule is C[C@@H]1CN(c2ncc(-c3ccc(CNC4Cc5ccccc5C4)cc3)cn2)C[C@H](C)N1.O=CO. The summed E-state index contributed by atoms with van der Waals surface area (Å²) >= 11 is 0. The summed E-state index contributed by atoms with van der Waals surface area (Å²) < 4.78 is 0. The minimum atomic E-state index is -0.250. The van der Waals surface area contributed by atoms with Crippen LogP contribution in [0.25, 0.3) is 11.1 Å². The predicted molar refractivity (Wildman–Crippen MR) is 135 cm³/mol. The van der Waals surface area contributed by atoms with Crippen molar-refractivity contribution in [1.29, 1.82) is 0 Å². The van der Waals surface area contributed by atoms with Crippen molar-refractivity contribution >= 4 is 12.4 Å². The molecule has 5 rings (SSSR count). The molecular formula is C27H33N5O2. The monoisotopic (exact) mass is 459 g/mol. The highest BCUT2D eigenvalue weighted by Gasteiger charge is 2.23. The molecule has 2 aliphatic rings. The maximum Gasteiger partial charge on any atom is 0.290 e. The third-order valence-electron chi connectivity index (χ3n) is 6.41. The molecule has 0 unspecified atom stereocenters. The molecular weight excluding hydrogens is 426 g/mol. The van der Waals surface area contributed by atoms with E-state index in [0.29, 0.717) is 18.1 Å². The molecule has 34 heavy (non-hydrogen) atoms. The zero-order valence-electron chi connectivity index (χ0n) is 19.8. The number of benzene rings is 2. The molecule has 0 amide bonds. The zero-order valence-corrected chi connectivity index (χ0v) is 19.8. The molecule has 7 heteroatoms. The molecule has 7 nitrogen and oxygen atoms in total. The Hall–Kier alpha value is -3.29. The number of hydrogen-bond donors (Lipinski definition) is 3. The Kier molecular flexibility index (Phi) is 7.87. The van der Waals surface area contributed by atoms with Crippen LogP contribution < -0.4 is 15.5 Å². The Morgan fingerprint density at radius 1 is 0.971 bits per heavy atom. The highest BCUT2D eigenvalue weighted by molar-refractivity contribution is 5.62. The number of anilines is 1. The average molecular weight is 460 g/mol. The van der Waals surface area contributed by atoms with E-state index in [2.05, 4.69) is 87.9 Å². The lowest BCUT2D eigenvalue weighted by molar-refractivity contribution is -0.122. The lowest BCUT2D eigenvalue weighted by Gasteiger charge is -2.36. The van der Waals surface area contributed by atoms with Gasteiger partial charge in [0.05, 0.1) is 0 Å². The molecule has 3 aromatic rings. The Morgan fingerprint density at radius 3 is 2.09 bits per heavy atom. The van der Waals surface area contributed by atoms with Crippen molar-refractivity contribution in [3.8, 4) is 11.1 Å². The fraction of sp³-hybridized carbons (Fsp3) is 0.370. The number of carboxylic acid groups (broad SMARTS) is 1. The van der Waals surface area contributed by atoms with E-state index >= 15 is 0 Å². The Balaban J connectivity index is 0.000000868. The molecule has 2 heterocycles. The van der Waals surface area contributed by atoms with Gasteiger partial charge in [-0.25, -0.2) is 9.97 Å². The third-order valence-corrected chi connectivity index (χ3v) is 6.41. The van der Waals surface area contributed by atoms with E-state index < -0.39 is 0 Å². The first-order valence-corrected chi connectivity index (χ1v) is 11.9. The van der Waals surface area contributed by atoms with E-state index in [4.69, 9.17) is 9.90 Å². The molecule has 1 aromatic heterocycles. The first kappa shape index (κ1) is 23.9. The van der Waals surface area contributed by atoms with Crippen LogP contribution in [0.4, 0.5) is 5.95 Å². The second-order valence-corrected chi connectivity index (χ2v) is 9.20. The number of hydrogen-bond acceptors (Lipinski definition) is 6. The van der Waals surface area contributed by atoms with Crippen molar-refractivity contribution in [3.63, 3.8) is 0 Å². The fourth-order valence-corrected chi connectivity index (χ4v) is 4.90. The van der Waals surface area contributed by atoms with Crippen LogP contribution in [0.15, 0.2) is 60.9 Å². The minimum Gasteiger partial charge on any atom is -0.483 e. The van der Waals surface area contributed by atoms with Crippen LogP contribution in [-0.2, 0) is 24.2 Å². The van der Waals surface area contributed by atoms with E-state index in [1.807, 2.05) is 12.4 Å². The first-order chi connectivity index (χ1) is 16.6. The van der Waals surface area contributed by atoms with Crippen molar-refractivity contribution in [2.75, 3.05) is 18.0 Å². The van der Waals surface area contributed by atoms with E-state index in [-0.39, 0.29) is 6.47 Å². The number of carbonyl (C=O) groups is 1. The molecule has 2 aromatic carbocycles. The maximum atomic E-state index is 8.36. The Labute approximate surface area is 201 Å². The summed E-state index contributed by atoms with van der Waals surface area (Å²) in [6, 6.07) is 19.0. The number of nitrogens with zero attached hydrogens (tertiary/aromatic N) is 3. The number of aromatic nitrogens is 2. The summed E-state index contributed by atoms with van der Waals surface area (Å²) in [7, 11) is 0. The van der Waals surface area contributed by atoms with Gasteiger partial charge in [0.2, 0.25) is 5.95 Å². The maximum absolute atomic E-state index is 8.36. The number of nitrogens with one attached hydrogen (secondary N) is 2. The van der Waals surface area contributed by atoms with Gasteiger partial charge < -0.3 is 20.6 Å². The van der Waals surface area contributed by atoms with Gasteiger partial charge in [-0.15, -0.1) is 0 Å². The van der Waals surface area contributed by atoms with E-state index in [1.54, 1.807) is 0 Å². The molecule has 2 atom stereocenters. The van der Waals surface area contributed by atoms with Crippen LogP contribution in [-0.4, -0.2) is 52.8 Å². The standard InChI is InChI=1S/C26H31N5.CH2O2/c1-18-16-31(17-19(2)30-18)26-28-14-24(15-29-26)21-9-7-20(8-10-21)13-27-25-11-22-5-3-4-6-23(22)12-25;2-1-3/h3-10,14-15,18-19,25,27,30H,11-13,16-17H2,1-2H3;1H,(H,2,3)/t18-,19+;. The Morgan fingerprint density at radius 2 is 1.53 bits per heavy atom. The smallest absolute Gasteiger partial charge is 0.290 e. The normalized spacial score (nSPS) is 19.8. The van der Waals surface area contributed by atoms with Gasteiger partial charge in [0.1, 0.15) is 0 Å². The number of rotatable bonds is 5. The summed E-state index contributed by atoms with van der Waals surface area (Å²) in [4.78, 5) is 19.9. The second kappa shape index (κ2) is 11.2. The average Bonchev–Trinajstić information content (AvgIpc) is 3.26. The lowest BCUT2D eigenvalue weighted by Crippen LogP contribution is -2.54. The second-order valence-electron chi connectivity index (χ2n) is 9.20. The van der Waals surface area contributed by atoms with Crippen LogP contribution >= 0.6 is 0 Å². The van der Waals surface area contributed by atoms with Gasteiger partial charge in [-0.3, -0.25) is 4.79 Å². The molecule has 1 fully saturated rings. The predicted octanol–water partition coefficient (Wildman–Crippen LogP) is 3.29. The lowest BCUT2D eigenvalue weighted by atomic mass is 10.1. The van der Waals surface area contributed by atoms with Crippen LogP contribution in [0.3, 0.4) is 0 Å². The van der Waals surface area contributed by atoms with Crippen molar-refractivity contribution in [2.24, 2.45) is 0 Å². The van der Waals surface area contributed by atoms with Gasteiger partial charge in [0, 0.05) is 55.7 Å². The summed E-state index contributed by atoms with van der Waals surface area (Å²) in [5, 5.41) is 14.2. The summed E-state index contributed by atoms with van der Waals surface area (Å²) in [5.41, 5.74) is 6.50. The fourth-order valence-electron chi connectivity index (χ4n) is 4.90. The van der Waals surface area contributed by atoms with Crippen LogP contribution in [0.5, 0.6) is 0 Å². The Bertz CT molecular complexity index is 1040. The largest absolute Gasteiger partial charge is 0.483 e. The van der Waals surface area contributed by atoms with E-state index in [0.717, 1.165) is 49.6 Å².